The summed E-state index contributed by atoms with van der Waals surface area (Å²) in [6, 6.07) is 4.73. The molecule has 2 aromatic rings. The first-order valence-corrected chi connectivity index (χ1v) is 10.9. The van der Waals surface area contributed by atoms with Gasteiger partial charge in [-0.2, -0.15) is 13.2 Å². The lowest BCUT2D eigenvalue weighted by Gasteiger charge is -2.24. The van der Waals surface area contributed by atoms with Gasteiger partial charge in [0.2, 0.25) is 10.0 Å². The van der Waals surface area contributed by atoms with Gasteiger partial charge in [0.25, 0.3) is 0 Å². The van der Waals surface area contributed by atoms with Gasteiger partial charge in [-0.1, -0.05) is 6.07 Å². The Bertz CT molecular complexity index is 989. The molecule has 0 radical (unpaired) electrons. The predicted molar refractivity (Wildman–Crippen MR) is 105 cm³/mol. The van der Waals surface area contributed by atoms with E-state index in [1.54, 1.807) is 6.07 Å². The highest BCUT2D eigenvalue weighted by Gasteiger charge is 2.31. The van der Waals surface area contributed by atoms with Gasteiger partial charge in [-0.3, -0.25) is 4.72 Å². The molecule has 0 unspecified atom stereocenters. The number of halogens is 3. The Morgan fingerprint density at radius 1 is 1.21 bits per heavy atom. The maximum atomic E-state index is 13.1. The number of benzene rings is 1. The van der Waals surface area contributed by atoms with Crippen LogP contribution in [0, 0.1) is 6.92 Å². The van der Waals surface area contributed by atoms with Gasteiger partial charge in [0.15, 0.2) is 5.82 Å². The van der Waals surface area contributed by atoms with Gasteiger partial charge in [0, 0.05) is 18.2 Å². The zero-order chi connectivity index (χ0) is 21.2. The normalized spacial score (nSPS) is 17.8. The Morgan fingerprint density at radius 3 is 2.55 bits per heavy atom. The monoisotopic (exact) mass is 429 g/mol. The van der Waals surface area contributed by atoms with Crippen molar-refractivity contribution in [3.63, 3.8) is 0 Å². The number of rotatable bonds is 5. The molecule has 0 bridgehead atoms. The van der Waals surface area contributed by atoms with Crippen LogP contribution >= 0.6 is 0 Å². The summed E-state index contributed by atoms with van der Waals surface area (Å²) in [5.74, 6) is 0.590. The molecule has 7 nitrogen and oxygen atoms in total. The van der Waals surface area contributed by atoms with Crippen LogP contribution in [-0.2, 0) is 16.2 Å². The Kier molecular flexibility index (Phi) is 5.99. The quantitative estimate of drug-likeness (QED) is 0.676. The third-order valence-electron chi connectivity index (χ3n) is 4.54. The zero-order valence-corrected chi connectivity index (χ0v) is 16.8. The molecule has 0 aliphatic carbocycles. The lowest BCUT2D eigenvalue weighted by atomic mass is 10.0. The van der Waals surface area contributed by atoms with E-state index >= 15 is 0 Å². The van der Waals surface area contributed by atoms with Gasteiger partial charge >= 0.3 is 6.18 Å². The van der Waals surface area contributed by atoms with E-state index in [0.29, 0.717) is 5.82 Å². The highest BCUT2D eigenvalue weighted by Crippen LogP contribution is 2.36. The van der Waals surface area contributed by atoms with E-state index in [9.17, 15) is 21.6 Å². The molecule has 2 heterocycles. The van der Waals surface area contributed by atoms with Crippen molar-refractivity contribution in [1.29, 1.82) is 0 Å². The van der Waals surface area contributed by atoms with Crippen molar-refractivity contribution in [2.24, 2.45) is 0 Å². The zero-order valence-electron chi connectivity index (χ0n) is 16.0. The van der Waals surface area contributed by atoms with Crippen LogP contribution in [0.25, 0.3) is 11.3 Å². The number of nitrogens with one attached hydrogen (secondary N) is 3. The number of anilines is 2. The maximum absolute atomic E-state index is 13.1. The van der Waals surface area contributed by atoms with E-state index in [1.807, 2.05) is 6.92 Å². The Balaban J connectivity index is 1.95. The molecule has 11 heteroatoms. The van der Waals surface area contributed by atoms with Gasteiger partial charge in [-0.15, -0.1) is 10.2 Å². The summed E-state index contributed by atoms with van der Waals surface area (Å²) in [6.45, 7) is 3.60. The standard InChI is InChI=1S/C18H22F3N5O2S/c1-11-8-15(24-25-17(11)23-13-4-3-7-22-10-13)14-6-5-12(18(19,20)21)9-16(14)26-29(2,27)28/h5-6,8-9,13,22,26H,3-4,7,10H2,1-2H3,(H,23,25)/t13-/m1/s1. The minimum atomic E-state index is -4.60. The summed E-state index contributed by atoms with van der Waals surface area (Å²) >= 11 is 0. The first kappa shape index (κ1) is 21.3. The first-order chi connectivity index (χ1) is 13.5. The molecular formula is C18H22F3N5O2S. The van der Waals surface area contributed by atoms with E-state index in [1.165, 1.54) is 6.07 Å². The molecule has 1 saturated heterocycles. The molecule has 3 N–H and O–H groups in total. The summed E-state index contributed by atoms with van der Waals surface area (Å²) in [6.07, 6.45) is -1.68. The molecule has 29 heavy (non-hydrogen) atoms. The van der Waals surface area contributed by atoms with Crippen molar-refractivity contribution in [1.82, 2.24) is 15.5 Å². The van der Waals surface area contributed by atoms with Crippen LogP contribution in [0.4, 0.5) is 24.7 Å². The summed E-state index contributed by atoms with van der Waals surface area (Å²) in [4.78, 5) is 0. The van der Waals surface area contributed by atoms with Crippen molar-refractivity contribution in [2.75, 3.05) is 29.4 Å². The fraction of sp³-hybridized carbons (Fsp3) is 0.444. The molecule has 0 amide bonds. The van der Waals surface area contributed by atoms with Crippen LogP contribution in [0.3, 0.4) is 0 Å². The Morgan fingerprint density at radius 2 is 1.97 bits per heavy atom. The lowest BCUT2D eigenvalue weighted by molar-refractivity contribution is -0.137. The van der Waals surface area contributed by atoms with Gasteiger partial charge in [0.1, 0.15) is 0 Å². The molecule has 158 valence electrons. The molecule has 1 aliphatic rings. The van der Waals surface area contributed by atoms with Crippen LogP contribution in [0.1, 0.15) is 24.0 Å². The second-order valence-electron chi connectivity index (χ2n) is 7.08. The number of sulfonamides is 1. The second-order valence-corrected chi connectivity index (χ2v) is 8.83. The number of aryl methyl sites for hydroxylation is 1. The van der Waals surface area contributed by atoms with E-state index in [2.05, 4.69) is 25.6 Å². The van der Waals surface area contributed by atoms with Crippen molar-refractivity contribution >= 4 is 21.5 Å². The highest BCUT2D eigenvalue weighted by molar-refractivity contribution is 7.92. The van der Waals surface area contributed by atoms with Gasteiger partial charge in [-0.25, -0.2) is 8.42 Å². The van der Waals surface area contributed by atoms with Gasteiger partial charge in [-0.05, 0) is 50.1 Å². The predicted octanol–water partition coefficient (Wildman–Crippen LogP) is 3.01. The summed E-state index contributed by atoms with van der Waals surface area (Å²) in [7, 11) is -3.79. The summed E-state index contributed by atoms with van der Waals surface area (Å²) in [5.41, 5.74) is 0.0822. The maximum Gasteiger partial charge on any atom is 0.416 e. The number of hydrogen-bond acceptors (Lipinski definition) is 6. The minimum absolute atomic E-state index is 0.201. The van der Waals surface area contributed by atoms with Crippen molar-refractivity contribution in [2.45, 2.75) is 32.0 Å². The number of nitrogens with zero attached hydrogens (tertiary/aromatic N) is 2. The number of hydrogen-bond donors (Lipinski definition) is 3. The minimum Gasteiger partial charge on any atom is -0.364 e. The molecule has 0 saturated carbocycles. The smallest absolute Gasteiger partial charge is 0.364 e. The average molecular weight is 429 g/mol. The molecule has 1 aromatic heterocycles. The van der Waals surface area contributed by atoms with Gasteiger partial charge < -0.3 is 10.6 Å². The Labute approximate surface area is 167 Å². The SMILES string of the molecule is Cc1cc(-c2ccc(C(F)(F)F)cc2NS(C)(=O)=O)nnc1N[C@@H]1CCCNC1. The van der Waals surface area contributed by atoms with Crippen LogP contribution in [0.2, 0.25) is 0 Å². The highest BCUT2D eigenvalue weighted by atomic mass is 32.2. The third kappa shape index (κ3) is 5.57. The molecule has 1 aliphatic heterocycles. The molecule has 0 spiro atoms. The van der Waals surface area contributed by atoms with E-state index in [0.717, 1.165) is 49.9 Å². The molecule has 1 fully saturated rings. The topological polar surface area (TPSA) is 96.0 Å². The van der Waals surface area contributed by atoms with Crippen molar-refractivity contribution in [3.8, 4) is 11.3 Å². The number of aromatic nitrogens is 2. The largest absolute Gasteiger partial charge is 0.416 e. The van der Waals surface area contributed by atoms with Crippen molar-refractivity contribution in [3.05, 3.63) is 35.4 Å². The fourth-order valence-electron chi connectivity index (χ4n) is 3.16. The van der Waals surface area contributed by atoms with Crippen LogP contribution in [0.5, 0.6) is 0 Å². The summed E-state index contributed by atoms with van der Waals surface area (Å²) < 4.78 is 64.6. The first-order valence-electron chi connectivity index (χ1n) is 9.04. The van der Waals surface area contributed by atoms with Gasteiger partial charge in [0.05, 0.1) is 23.2 Å². The Hall–Kier alpha value is -2.40. The summed E-state index contributed by atoms with van der Waals surface area (Å²) in [5, 5.41) is 14.9. The van der Waals surface area contributed by atoms with Crippen LogP contribution in [-0.4, -0.2) is 44.0 Å². The van der Waals surface area contributed by atoms with E-state index < -0.39 is 21.8 Å². The second kappa shape index (κ2) is 8.15. The van der Waals surface area contributed by atoms with E-state index in [4.69, 9.17) is 0 Å². The number of piperidine rings is 1. The molecule has 3 rings (SSSR count). The van der Waals surface area contributed by atoms with Crippen LogP contribution in [0.15, 0.2) is 24.3 Å². The molecule has 1 atom stereocenters. The number of alkyl halides is 3. The molecule has 1 aromatic carbocycles. The van der Waals surface area contributed by atoms with Crippen LogP contribution < -0.4 is 15.4 Å². The van der Waals surface area contributed by atoms with E-state index in [-0.39, 0.29) is 23.0 Å². The molecular weight excluding hydrogens is 407 g/mol. The lowest BCUT2D eigenvalue weighted by Crippen LogP contribution is -2.38. The average Bonchev–Trinajstić information content (AvgIpc) is 2.62. The third-order valence-corrected chi connectivity index (χ3v) is 5.13. The fourth-order valence-corrected chi connectivity index (χ4v) is 3.72. The van der Waals surface area contributed by atoms with Crippen molar-refractivity contribution < 1.29 is 21.6 Å².